The molecule has 2 aromatic rings. The molecule has 5 nitrogen and oxygen atoms in total. The van der Waals surface area contributed by atoms with Gasteiger partial charge in [-0.2, -0.15) is 0 Å². The van der Waals surface area contributed by atoms with Crippen molar-refractivity contribution in [2.45, 2.75) is 0 Å². The van der Waals surface area contributed by atoms with Crippen molar-refractivity contribution in [3.8, 4) is 0 Å². The predicted octanol–water partition coefficient (Wildman–Crippen LogP) is 1.84. The fraction of sp³-hybridized carbons (Fsp3) is 0. The molecule has 0 aliphatic heterocycles. The molecule has 0 amide bonds. The average molecular weight is 276 g/mol. The number of nitrogens with zero attached hydrogens (tertiary/aromatic N) is 3. The molecular formula is C7H3BrClN3O2. The second-order valence-electron chi connectivity index (χ2n) is 2.47. The van der Waals surface area contributed by atoms with Crippen LogP contribution in [0, 0.1) is 0 Å². The molecule has 2 heterocycles. The Labute approximate surface area is 91.5 Å². The third kappa shape index (κ3) is 1.27. The van der Waals surface area contributed by atoms with Gasteiger partial charge < -0.3 is 5.11 Å². The molecule has 0 saturated carbocycles. The maximum atomic E-state index is 10.8. The second-order valence-corrected chi connectivity index (χ2v) is 3.58. The highest BCUT2D eigenvalue weighted by molar-refractivity contribution is 9.10. The zero-order chi connectivity index (χ0) is 10.3. The molecule has 0 radical (unpaired) electrons. The van der Waals surface area contributed by atoms with Gasteiger partial charge in [0.2, 0.25) is 5.82 Å². The first-order valence-electron chi connectivity index (χ1n) is 3.52. The van der Waals surface area contributed by atoms with E-state index in [1.165, 1.54) is 16.8 Å². The Morgan fingerprint density at radius 3 is 3.00 bits per heavy atom. The van der Waals surface area contributed by atoms with E-state index in [9.17, 15) is 4.79 Å². The van der Waals surface area contributed by atoms with Gasteiger partial charge in [-0.3, -0.25) is 4.40 Å². The minimum atomic E-state index is -1.12. The molecule has 0 bridgehead atoms. The molecule has 7 heteroatoms. The summed E-state index contributed by atoms with van der Waals surface area (Å²) in [6.45, 7) is 0. The summed E-state index contributed by atoms with van der Waals surface area (Å²) in [5, 5.41) is 9.03. The van der Waals surface area contributed by atoms with E-state index in [-0.39, 0.29) is 11.0 Å². The van der Waals surface area contributed by atoms with Crippen molar-refractivity contribution in [2.75, 3.05) is 0 Å². The van der Waals surface area contributed by atoms with Crippen LogP contribution in [0.4, 0.5) is 0 Å². The first-order chi connectivity index (χ1) is 6.61. The summed E-state index contributed by atoms with van der Waals surface area (Å²) < 4.78 is 1.73. The molecule has 0 fully saturated rings. The van der Waals surface area contributed by atoms with Gasteiger partial charge in [0.1, 0.15) is 10.1 Å². The zero-order valence-corrected chi connectivity index (χ0v) is 8.95. The van der Waals surface area contributed by atoms with E-state index in [4.69, 9.17) is 16.7 Å². The van der Waals surface area contributed by atoms with Crippen LogP contribution in [0.3, 0.4) is 0 Å². The fourth-order valence-electron chi connectivity index (χ4n) is 1.11. The highest BCUT2D eigenvalue weighted by Gasteiger charge is 2.17. The highest BCUT2D eigenvalue weighted by atomic mass is 79.9. The molecule has 0 aliphatic rings. The summed E-state index contributed by atoms with van der Waals surface area (Å²) in [6.07, 6.45) is 2.90. The molecule has 0 aliphatic carbocycles. The van der Waals surface area contributed by atoms with Crippen LogP contribution in [-0.4, -0.2) is 25.4 Å². The number of hydrogen-bond acceptors (Lipinski definition) is 3. The van der Waals surface area contributed by atoms with E-state index in [1.807, 2.05) is 0 Å². The molecule has 1 N–H and O–H groups in total. The number of carbonyl (C=O) groups is 1. The molecule has 72 valence electrons. The maximum absolute atomic E-state index is 10.8. The SMILES string of the molecule is O=C(O)c1nc(Br)c2c(Cl)nccn12. The summed E-state index contributed by atoms with van der Waals surface area (Å²) in [4.78, 5) is 18.4. The number of carboxylic acids is 1. The van der Waals surface area contributed by atoms with Gasteiger partial charge in [0, 0.05) is 12.4 Å². The van der Waals surface area contributed by atoms with Gasteiger partial charge in [-0.25, -0.2) is 14.8 Å². The number of aromatic nitrogens is 3. The maximum Gasteiger partial charge on any atom is 0.372 e. The van der Waals surface area contributed by atoms with Gasteiger partial charge in [-0.15, -0.1) is 0 Å². The Kier molecular flexibility index (Phi) is 2.16. The van der Waals surface area contributed by atoms with E-state index < -0.39 is 5.97 Å². The normalized spacial score (nSPS) is 10.7. The van der Waals surface area contributed by atoms with Crippen molar-refractivity contribution in [1.29, 1.82) is 0 Å². The number of carboxylic acid groups (broad SMARTS) is 1. The van der Waals surface area contributed by atoms with Crippen LogP contribution in [0.2, 0.25) is 5.15 Å². The molecule has 14 heavy (non-hydrogen) atoms. The second kappa shape index (κ2) is 3.21. The zero-order valence-electron chi connectivity index (χ0n) is 6.61. The first kappa shape index (κ1) is 9.42. The Bertz CT molecular complexity index is 525. The Morgan fingerprint density at radius 1 is 1.64 bits per heavy atom. The molecule has 0 spiro atoms. The lowest BCUT2D eigenvalue weighted by Crippen LogP contribution is -2.03. The van der Waals surface area contributed by atoms with E-state index in [0.29, 0.717) is 10.1 Å². The van der Waals surface area contributed by atoms with Crippen LogP contribution < -0.4 is 0 Å². The van der Waals surface area contributed by atoms with Crippen LogP contribution in [0.25, 0.3) is 5.52 Å². The number of halogens is 2. The Morgan fingerprint density at radius 2 is 2.36 bits per heavy atom. The molecule has 2 aromatic heterocycles. The largest absolute Gasteiger partial charge is 0.475 e. The lowest BCUT2D eigenvalue weighted by Gasteiger charge is -1.96. The molecule has 0 atom stereocenters. The number of aromatic carboxylic acids is 1. The average Bonchev–Trinajstić information content (AvgIpc) is 2.45. The summed E-state index contributed by atoms with van der Waals surface area (Å²) in [5.74, 6) is -1.22. The van der Waals surface area contributed by atoms with Crippen LogP contribution in [0.5, 0.6) is 0 Å². The lowest BCUT2D eigenvalue weighted by molar-refractivity contribution is 0.0682. The van der Waals surface area contributed by atoms with Crippen molar-refractivity contribution >= 4 is 39.0 Å². The third-order valence-electron chi connectivity index (χ3n) is 1.66. The van der Waals surface area contributed by atoms with E-state index in [0.717, 1.165) is 0 Å². The number of imidazole rings is 1. The molecule has 2 rings (SSSR count). The molecule has 0 aromatic carbocycles. The Balaban J connectivity index is 2.91. The van der Waals surface area contributed by atoms with Crippen LogP contribution in [0.1, 0.15) is 10.6 Å². The van der Waals surface area contributed by atoms with Gasteiger partial charge in [0.15, 0.2) is 5.15 Å². The van der Waals surface area contributed by atoms with Gasteiger partial charge in [0.25, 0.3) is 0 Å². The van der Waals surface area contributed by atoms with E-state index >= 15 is 0 Å². The van der Waals surface area contributed by atoms with E-state index in [2.05, 4.69) is 25.9 Å². The molecule has 0 unspecified atom stereocenters. The molecular weight excluding hydrogens is 273 g/mol. The predicted molar refractivity (Wildman–Crippen MR) is 52.7 cm³/mol. The third-order valence-corrected chi connectivity index (χ3v) is 2.49. The van der Waals surface area contributed by atoms with Gasteiger partial charge in [-0.05, 0) is 15.9 Å². The quantitative estimate of drug-likeness (QED) is 0.863. The van der Waals surface area contributed by atoms with E-state index in [1.54, 1.807) is 0 Å². The van der Waals surface area contributed by atoms with Crippen molar-refractivity contribution in [3.63, 3.8) is 0 Å². The van der Waals surface area contributed by atoms with Crippen molar-refractivity contribution in [2.24, 2.45) is 0 Å². The van der Waals surface area contributed by atoms with Crippen molar-refractivity contribution in [3.05, 3.63) is 28.0 Å². The lowest BCUT2D eigenvalue weighted by atomic mass is 10.5. The first-order valence-corrected chi connectivity index (χ1v) is 4.69. The number of hydrogen-bond donors (Lipinski definition) is 1. The van der Waals surface area contributed by atoms with Crippen LogP contribution in [0.15, 0.2) is 17.0 Å². The highest BCUT2D eigenvalue weighted by Crippen LogP contribution is 2.24. The summed E-state index contributed by atoms with van der Waals surface area (Å²) >= 11 is 8.90. The van der Waals surface area contributed by atoms with Gasteiger partial charge in [0.05, 0.1) is 0 Å². The standard InChI is InChI=1S/C7H3BrClN3O2/c8-4-3-5(9)10-1-2-12(3)6(11-4)7(13)14/h1-2H,(H,13,14). The monoisotopic (exact) mass is 275 g/mol. The summed E-state index contributed by atoms with van der Waals surface area (Å²) in [7, 11) is 0. The fourth-order valence-corrected chi connectivity index (χ4v) is 2.01. The smallest absolute Gasteiger partial charge is 0.372 e. The van der Waals surface area contributed by atoms with Gasteiger partial charge >= 0.3 is 5.97 Å². The minimum absolute atomic E-state index is 0.101. The van der Waals surface area contributed by atoms with Crippen molar-refractivity contribution < 1.29 is 9.90 Å². The number of rotatable bonds is 1. The van der Waals surface area contributed by atoms with Crippen LogP contribution in [-0.2, 0) is 0 Å². The Hall–Kier alpha value is -1.14. The van der Waals surface area contributed by atoms with Gasteiger partial charge in [-0.1, -0.05) is 11.6 Å². The topological polar surface area (TPSA) is 67.5 Å². The summed E-state index contributed by atoms with van der Waals surface area (Å²) in [6, 6.07) is 0. The number of fused-ring (bicyclic) bond motifs is 1. The molecule has 0 saturated heterocycles. The minimum Gasteiger partial charge on any atom is -0.475 e. The summed E-state index contributed by atoms with van der Waals surface area (Å²) in [5.41, 5.74) is 0.451. The van der Waals surface area contributed by atoms with Crippen molar-refractivity contribution in [1.82, 2.24) is 14.4 Å². The van der Waals surface area contributed by atoms with Crippen LogP contribution >= 0.6 is 27.5 Å².